The topological polar surface area (TPSA) is 77.9 Å². The van der Waals surface area contributed by atoms with E-state index in [0.717, 1.165) is 55.1 Å². The van der Waals surface area contributed by atoms with Crippen molar-refractivity contribution in [3.8, 4) is 5.75 Å². The first-order valence-electron chi connectivity index (χ1n) is 11.1. The summed E-state index contributed by atoms with van der Waals surface area (Å²) in [5.74, 6) is -0.0312. The minimum Gasteiger partial charge on any atom is -0.508 e. The number of amides is 1. The fourth-order valence-corrected chi connectivity index (χ4v) is 6.46. The van der Waals surface area contributed by atoms with Crippen LogP contribution in [0.1, 0.15) is 54.1 Å². The van der Waals surface area contributed by atoms with Gasteiger partial charge in [-0.25, -0.2) is 12.7 Å². The minimum absolute atomic E-state index is 0.119. The molecule has 1 amide bonds. The van der Waals surface area contributed by atoms with Crippen LogP contribution >= 0.6 is 0 Å². The monoisotopic (exact) mass is 442 g/mol. The van der Waals surface area contributed by atoms with Crippen molar-refractivity contribution < 1.29 is 18.3 Å². The van der Waals surface area contributed by atoms with Crippen molar-refractivity contribution in [2.45, 2.75) is 56.4 Å². The van der Waals surface area contributed by atoms with E-state index in [1.165, 1.54) is 11.6 Å². The average molecular weight is 443 g/mol. The quantitative estimate of drug-likeness (QED) is 0.632. The Kier molecular flexibility index (Phi) is 6.34. The molecule has 2 aliphatic rings. The van der Waals surface area contributed by atoms with Crippen LogP contribution in [0.4, 0.5) is 0 Å². The normalized spacial score (nSPS) is 19.5. The number of carbonyl (C=O) groups is 1. The molecule has 0 saturated carbocycles. The van der Waals surface area contributed by atoms with Crippen LogP contribution in [0.25, 0.3) is 0 Å². The standard InChI is InChI=1S/C24H30N2O4S/c1-2-14-25(19-13-12-18-8-7-10-22(27)21(18)17-19)15-5-6-16-26-24(28)20-9-3-4-11-23(20)31(26,29)30/h3-4,7-11,19,27H,2,5-6,12-17H2,1H3. The van der Waals surface area contributed by atoms with Crippen molar-refractivity contribution >= 4 is 15.9 Å². The summed E-state index contributed by atoms with van der Waals surface area (Å²) >= 11 is 0. The third kappa shape index (κ3) is 4.21. The van der Waals surface area contributed by atoms with Crippen molar-refractivity contribution in [1.82, 2.24) is 9.21 Å². The molecule has 1 N–H and O–H groups in total. The molecule has 2 aromatic rings. The smallest absolute Gasteiger partial charge is 0.269 e. The average Bonchev–Trinajstić information content (AvgIpc) is 2.96. The van der Waals surface area contributed by atoms with Gasteiger partial charge in [-0.05, 0) is 80.9 Å². The van der Waals surface area contributed by atoms with Crippen LogP contribution in [0, 0.1) is 0 Å². The van der Waals surface area contributed by atoms with Gasteiger partial charge in [-0.2, -0.15) is 0 Å². The van der Waals surface area contributed by atoms with Gasteiger partial charge in [0.2, 0.25) is 0 Å². The fraction of sp³-hybridized carbons (Fsp3) is 0.458. The molecular formula is C24H30N2O4S. The first-order chi connectivity index (χ1) is 14.9. The highest BCUT2D eigenvalue weighted by Crippen LogP contribution is 2.32. The van der Waals surface area contributed by atoms with Gasteiger partial charge in [-0.15, -0.1) is 0 Å². The lowest BCUT2D eigenvalue weighted by molar-refractivity contribution is 0.0867. The van der Waals surface area contributed by atoms with E-state index in [-0.39, 0.29) is 17.0 Å². The van der Waals surface area contributed by atoms with Crippen LogP contribution in [-0.2, 0) is 22.9 Å². The predicted molar refractivity (Wildman–Crippen MR) is 120 cm³/mol. The number of nitrogens with zero attached hydrogens (tertiary/aromatic N) is 2. The van der Waals surface area contributed by atoms with E-state index in [1.807, 2.05) is 6.07 Å². The molecular weight excluding hydrogens is 412 g/mol. The molecule has 0 spiro atoms. The van der Waals surface area contributed by atoms with E-state index < -0.39 is 15.9 Å². The lowest BCUT2D eigenvalue weighted by atomic mass is 9.86. The number of hydrogen-bond acceptors (Lipinski definition) is 5. The second kappa shape index (κ2) is 9.01. The number of phenolic OH excluding ortho intramolecular Hbond substituents is 1. The molecule has 1 aliphatic heterocycles. The van der Waals surface area contributed by atoms with Gasteiger partial charge in [-0.1, -0.05) is 31.2 Å². The Bertz CT molecular complexity index is 1070. The first-order valence-corrected chi connectivity index (χ1v) is 12.6. The van der Waals surface area contributed by atoms with Gasteiger partial charge in [0.05, 0.1) is 5.56 Å². The molecule has 0 aromatic heterocycles. The number of aromatic hydroxyl groups is 1. The molecule has 2 aromatic carbocycles. The van der Waals surface area contributed by atoms with Crippen LogP contribution in [0.3, 0.4) is 0 Å². The second-order valence-electron chi connectivity index (χ2n) is 8.43. The Labute approximate surface area is 184 Å². The molecule has 6 nitrogen and oxygen atoms in total. The van der Waals surface area contributed by atoms with E-state index in [9.17, 15) is 18.3 Å². The SMILES string of the molecule is CCCN(CCCCN1C(=O)c2ccccc2S1(=O)=O)C1CCc2cccc(O)c2C1. The van der Waals surface area contributed by atoms with Crippen LogP contribution in [0.5, 0.6) is 5.75 Å². The van der Waals surface area contributed by atoms with Crippen LogP contribution in [0.2, 0.25) is 0 Å². The molecule has 0 bridgehead atoms. The minimum atomic E-state index is -3.72. The molecule has 0 radical (unpaired) electrons. The van der Waals surface area contributed by atoms with E-state index in [0.29, 0.717) is 18.2 Å². The molecule has 1 heterocycles. The lowest BCUT2D eigenvalue weighted by Gasteiger charge is -2.35. The Hall–Kier alpha value is -2.38. The number of benzene rings is 2. The van der Waals surface area contributed by atoms with E-state index in [2.05, 4.69) is 17.9 Å². The highest BCUT2D eigenvalue weighted by atomic mass is 32.2. The van der Waals surface area contributed by atoms with Gasteiger partial charge in [0.1, 0.15) is 10.6 Å². The van der Waals surface area contributed by atoms with Gasteiger partial charge in [-0.3, -0.25) is 4.79 Å². The largest absolute Gasteiger partial charge is 0.508 e. The van der Waals surface area contributed by atoms with Crippen molar-refractivity contribution in [2.75, 3.05) is 19.6 Å². The van der Waals surface area contributed by atoms with Crippen molar-refractivity contribution in [2.24, 2.45) is 0 Å². The molecule has 31 heavy (non-hydrogen) atoms. The number of rotatable bonds is 8. The summed E-state index contributed by atoms with van der Waals surface area (Å²) in [6.07, 6.45) is 5.36. The van der Waals surface area contributed by atoms with Crippen LogP contribution < -0.4 is 0 Å². The van der Waals surface area contributed by atoms with E-state index in [1.54, 1.807) is 24.3 Å². The molecule has 166 valence electrons. The summed E-state index contributed by atoms with van der Waals surface area (Å²) in [6, 6.07) is 12.6. The van der Waals surface area contributed by atoms with E-state index >= 15 is 0 Å². The molecule has 1 aliphatic carbocycles. The number of unbranched alkanes of at least 4 members (excludes halogenated alkanes) is 1. The highest BCUT2D eigenvalue weighted by Gasteiger charge is 2.40. The maximum Gasteiger partial charge on any atom is 0.269 e. The molecule has 0 saturated heterocycles. The highest BCUT2D eigenvalue weighted by molar-refractivity contribution is 7.90. The number of sulfonamides is 1. The molecule has 1 unspecified atom stereocenters. The number of phenols is 1. The Morgan fingerprint density at radius 3 is 2.68 bits per heavy atom. The molecule has 4 rings (SSSR count). The zero-order valence-electron chi connectivity index (χ0n) is 18.0. The summed E-state index contributed by atoms with van der Waals surface area (Å²) in [6.45, 7) is 4.20. The summed E-state index contributed by atoms with van der Waals surface area (Å²) in [5, 5.41) is 10.3. The molecule has 0 fully saturated rings. The number of hydrogen-bond donors (Lipinski definition) is 1. The Morgan fingerprint density at radius 2 is 1.90 bits per heavy atom. The summed E-state index contributed by atoms with van der Waals surface area (Å²) < 4.78 is 26.4. The maximum absolute atomic E-state index is 12.7. The lowest BCUT2D eigenvalue weighted by Crippen LogP contribution is -2.40. The van der Waals surface area contributed by atoms with Crippen molar-refractivity contribution in [3.63, 3.8) is 0 Å². The summed E-state index contributed by atoms with van der Waals surface area (Å²) in [7, 11) is -3.72. The van der Waals surface area contributed by atoms with Crippen molar-refractivity contribution in [1.29, 1.82) is 0 Å². The second-order valence-corrected chi connectivity index (χ2v) is 10.3. The third-order valence-corrected chi connectivity index (χ3v) is 8.27. The predicted octanol–water partition coefficient (Wildman–Crippen LogP) is 3.59. The summed E-state index contributed by atoms with van der Waals surface area (Å²) in [4.78, 5) is 15.1. The number of aryl methyl sites for hydroxylation is 1. The number of carbonyl (C=O) groups excluding carboxylic acids is 1. The van der Waals surface area contributed by atoms with Crippen molar-refractivity contribution in [3.05, 3.63) is 59.2 Å². The molecule has 1 atom stereocenters. The van der Waals surface area contributed by atoms with Gasteiger partial charge in [0, 0.05) is 12.6 Å². The van der Waals surface area contributed by atoms with Crippen LogP contribution in [0.15, 0.2) is 47.4 Å². The van der Waals surface area contributed by atoms with Gasteiger partial charge in [0.25, 0.3) is 15.9 Å². The fourth-order valence-electron chi connectivity index (χ4n) is 4.85. The third-order valence-electron chi connectivity index (χ3n) is 6.43. The Morgan fingerprint density at radius 1 is 1.10 bits per heavy atom. The summed E-state index contributed by atoms with van der Waals surface area (Å²) in [5.41, 5.74) is 2.58. The van der Waals surface area contributed by atoms with Gasteiger partial charge < -0.3 is 10.0 Å². The van der Waals surface area contributed by atoms with E-state index in [4.69, 9.17) is 0 Å². The van der Waals surface area contributed by atoms with Gasteiger partial charge in [0.15, 0.2) is 0 Å². The zero-order chi connectivity index (χ0) is 22.0. The maximum atomic E-state index is 12.7. The number of fused-ring (bicyclic) bond motifs is 2. The first kappa shape index (κ1) is 21.8. The van der Waals surface area contributed by atoms with Crippen LogP contribution in [-0.4, -0.2) is 54.3 Å². The van der Waals surface area contributed by atoms with Gasteiger partial charge >= 0.3 is 0 Å². The zero-order valence-corrected chi connectivity index (χ0v) is 18.8. The molecule has 7 heteroatoms. The Balaban J connectivity index is 1.35.